The maximum Gasteiger partial charge on any atom is 0.233 e. The van der Waals surface area contributed by atoms with Crippen molar-refractivity contribution in [3.8, 4) is 11.6 Å². The Labute approximate surface area is 105 Å². The third-order valence-corrected chi connectivity index (χ3v) is 2.48. The number of aromatic hydroxyl groups is 1. The second kappa shape index (κ2) is 5.97. The van der Waals surface area contributed by atoms with Gasteiger partial charge in [0.2, 0.25) is 5.88 Å². The predicted molar refractivity (Wildman–Crippen MR) is 67.2 cm³/mol. The number of benzene rings is 1. The lowest BCUT2D eigenvalue weighted by Crippen LogP contribution is -2.14. The molecule has 0 aliphatic carbocycles. The molecular formula is C13H15N3O2. The van der Waals surface area contributed by atoms with E-state index in [1.807, 2.05) is 18.2 Å². The monoisotopic (exact) mass is 245 g/mol. The van der Waals surface area contributed by atoms with Crippen LogP contribution in [0.25, 0.3) is 0 Å². The van der Waals surface area contributed by atoms with Crippen molar-refractivity contribution >= 4 is 0 Å². The summed E-state index contributed by atoms with van der Waals surface area (Å²) in [7, 11) is 1.56. The summed E-state index contributed by atoms with van der Waals surface area (Å²) in [6, 6.07) is 10.7. The molecule has 0 aliphatic heterocycles. The summed E-state index contributed by atoms with van der Waals surface area (Å²) in [6.07, 6.45) is 0. The highest BCUT2D eigenvalue weighted by molar-refractivity contribution is 5.25. The molecule has 0 bridgehead atoms. The van der Waals surface area contributed by atoms with Crippen molar-refractivity contribution in [2.75, 3.05) is 7.11 Å². The molecule has 2 N–H and O–H groups in total. The van der Waals surface area contributed by atoms with Crippen LogP contribution in [-0.4, -0.2) is 22.4 Å². The predicted octanol–water partition coefficient (Wildman–Crippen LogP) is 1.48. The molecule has 0 atom stereocenters. The van der Waals surface area contributed by atoms with E-state index in [4.69, 9.17) is 9.84 Å². The van der Waals surface area contributed by atoms with Crippen molar-refractivity contribution in [2.45, 2.75) is 13.1 Å². The van der Waals surface area contributed by atoms with Gasteiger partial charge in [0, 0.05) is 19.2 Å². The fourth-order valence-corrected chi connectivity index (χ4v) is 1.50. The minimum Gasteiger partial charge on any atom is -0.508 e. The third kappa shape index (κ3) is 3.43. The Morgan fingerprint density at radius 2 is 1.83 bits per heavy atom. The zero-order valence-corrected chi connectivity index (χ0v) is 10.1. The number of hydrogen-bond acceptors (Lipinski definition) is 5. The van der Waals surface area contributed by atoms with Crippen LogP contribution in [0.2, 0.25) is 0 Å². The Morgan fingerprint density at radius 3 is 2.44 bits per heavy atom. The van der Waals surface area contributed by atoms with Crippen LogP contribution in [0.15, 0.2) is 36.4 Å². The molecule has 0 saturated heterocycles. The van der Waals surface area contributed by atoms with E-state index in [-0.39, 0.29) is 5.75 Å². The van der Waals surface area contributed by atoms with Gasteiger partial charge in [-0.25, -0.2) is 0 Å². The van der Waals surface area contributed by atoms with Crippen LogP contribution in [0.4, 0.5) is 0 Å². The quantitative estimate of drug-likeness (QED) is 0.835. The summed E-state index contributed by atoms with van der Waals surface area (Å²) in [5.74, 6) is 0.789. The maximum atomic E-state index is 9.16. The molecule has 5 nitrogen and oxygen atoms in total. The van der Waals surface area contributed by atoms with Crippen LogP contribution in [0.5, 0.6) is 11.6 Å². The van der Waals surface area contributed by atoms with Gasteiger partial charge in [0.05, 0.1) is 12.8 Å². The highest BCUT2D eigenvalue weighted by atomic mass is 16.5. The first kappa shape index (κ1) is 12.3. The lowest BCUT2D eigenvalue weighted by molar-refractivity contribution is 0.390. The average Bonchev–Trinajstić information content (AvgIpc) is 2.42. The van der Waals surface area contributed by atoms with Gasteiger partial charge in [-0.2, -0.15) is 5.10 Å². The van der Waals surface area contributed by atoms with Gasteiger partial charge < -0.3 is 15.2 Å². The summed E-state index contributed by atoms with van der Waals surface area (Å²) in [6.45, 7) is 1.35. The molecule has 2 rings (SSSR count). The number of methoxy groups -OCH3 is 1. The molecule has 0 fully saturated rings. The first-order valence-corrected chi connectivity index (χ1v) is 5.63. The van der Waals surface area contributed by atoms with E-state index in [0.717, 1.165) is 11.3 Å². The fraction of sp³-hybridized carbons (Fsp3) is 0.231. The van der Waals surface area contributed by atoms with Gasteiger partial charge in [0.25, 0.3) is 0 Å². The Bertz CT molecular complexity index is 483. The molecule has 0 aliphatic rings. The van der Waals surface area contributed by atoms with Crippen LogP contribution in [0.1, 0.15) is 11.3 Å². The molecule has 2 aromatic rings. The number of rotatable bonds is 5. The van der Waals surface area contributed by atoms with E-state index in [2.05, 4.69) is 15.5 Å². The first-order chi connectivity index (χ1) is 8.78. The Morgan fingerprint density at radius 1 is 1.06 bits per heavy atom. The molecule has 0 amide bonds. The zero-order valence-electron chi connectivity index (χ0n) is 10.1. The summed E-state index contributed by atoms with van der Waals surface area (Å²) in [5.41, 5.74) is 1.96. The van der Waals surface area contributed by atoms with Crippen molar-refractivity contribution in [3.05, 3.63) is 47.7 Å². The Balaban J connectivity index is 1.82. The largest absolute Gasteiger partial charge is 0.508 e. The lowest BCUT2D eigenvalue weighted by atomic mass is 10.2. The van der Waals surface area contributed by atoms with E-state index in [0.29, 0.717) is 19.0 Å². The summed E-state index contributed by atoms with van der Waals surface area (Å²) in [5, 5.41) is 20.3. The minimum absolute atomic E-state index is 0.278. The molecule has 18 heavy (non-hydrogen) atoms. The molecule has 1 heterocycles. The van der Waals surface area contributed by atoms with Gasteiger partial charge in [0.15, 0.2) is 0 Å². The molecule has 1 aromatic carbocycles. The van der Waals surface area contributed by atoms with Gasteiger partial charge in [-0.3, -0.25) is 0 Å². The number of ether oxygens (including phenoxy) is 1. The van der Waals surface area contributed by atoms with Crippen molar-refractivity contribution in [3.63, 3.8) is 0 Å². The van der Waals surface area contributed by atoms with Crippen LogP contribution in [0.3, 0.4) is 0 Å². The topological polar surface area (TPSA) is 67.3 Å². The summed E-state index contributed by atoms with van der Waals surface area (Å²) < 4.78 is 4.94. The number of nitrogens with one attached hydrogen (secondary N) is 1. The van der Waals surface area contributed by atoms with Crippen molar-refractivity contribution < 1.29 is 9.84 Å². The molecular weight excluding hydrogens is 230 g/mol. The highest BCUT2D eigenvalue weighted by Crippen LogP contribution is 2.09. The van der Waals surface area contributed by atoms with E-state index < -0.39 is 0 Å². The van der Waals surface area contributed by atoms with Gasteiger partial charge in [-0.1, -0.05) is 12.1 Å². The van der Waals surface area contributed by atoms with Crippen LogP contribution in [-0.2, 0) is 13.1 Å². The van der Waals surface area contributed by atoms with Gasteiger partial charge in [0.1, 0.15) is 5.75 Å². The van der Waals surface area contributed by atoms with Crippen LogP contribution in [0, 0.1) is 0 Å². The lowest BCUT2D eigenvalue weighted by Gasteiger charge is -2.05. The third-order valence-electron chi connectivity index (χ3n) is 2.48. The summed E-state index contributed by atoms with van der Waals surface area (Å²) in [4.78, 5) is 0. The van der Waals surface area contributed by atoms with E-state index in [1.165, 1.54) is 0 Å². The smallest absolute Gasteiger partial charge is 0.233 e. The molecule has 0 radical (unpaired) electrons. The van der Waals surface area contributed by atoms with Crippen molar-refractivity contribution in [1.82, 2.24) is 15.5 Å². The SMILES string of the molecule is COc1ccc(CNCc2ccc(O)cc2)nn1. The maximum absolute atomic E-state index is 9.16. The average molecular weight is 245 g/mol. The number of phenolic OH excluding ortho intramolecular Hbond substituents is 1. The molecule has 5 heteroatoms. The number of aromatic nitrogens is 2. The Hall–Kier alpha value is -2.14. The number of phenols is 1. The van der Waals surface area contributed by atoms with E-state index >= 15 is 0 Å². The fourth-order valence-electron chi connectivity index (χ4n) is 1.50. The molecule has 0 unspecified atom stereocenters. The van der Waals surface area contributed by atoms with Gasteiger partial charge >= 0.3 is 0 Å². The van der Waals surface area contributed by atoms with Crippen LogP contribution < -0.4 is 10.1 Å². The normalized spacial score (nSPS) is 10.3. The van der Waals surface area contributed by atoms with Crippen LogP contribution >= 0.6 is 0 Å². The first-order valence-electron chi connectivity index (χ1n) is 5.63. The van der Waals surface area contributed by atoms with Crippen molar-refractivity contribution in [2.24, 2.45) is 0 Å². The molecule has 0 saturated carbocycles. The van der Waals surface area contributed by atoms with E-state index in [1.54, 1.807) is 25.3 Å². The highest BCUT2D eigenvalue weighted by Gasteiger charge is 1.98. The molecule has 0 spiro atoms. The second-order valence-electron chi connectivity index (χ2n) is 3.84. The zero-order chi connectivity index (χ0) is 12.8. The van der Waals surface area contributed by atoms with Gasteiger partial charge in [-0.15, -0.1) is 5.10 Å². The molecule has 1 aromatic heterocycles. The van der Waals surface area contributed by atoms with Crippen molar-refractivity contribution in [1.29, 1.82) is 0 Å². The number of nitrogens with zero attached hydrogens (tertiary/aromatic N) is 2. The number of hydrogen-bond donors (Lipinski definition) is 2. The Kier molecular flexibility index (Phi) is 4.09. The second-order valence-corrected chi connectivity index (χ2v) is 3.84. The minimum atomic E-state index is 0.278. The van der Waals surface area contributed by atoms with Gasteiger partial charge in [-0.05, 0) is 23.8 Å². The van der Waals surface area contributed by atoms with E-state index in [9.17, 15) is 0 Å². The molecule has 94 valence electrons. The summed E-state index contributed by atoms with van der Waals surface area (Å²) >= 11 is 0. The standard InChI is InChI=1S/C13H15N3O2/c1-18-13-7-4-11(15-16-13)9-14-8-10-2-5-12(17)6-3-10/h2-7,14,17H,8-9H2,1H3.